The van der Waals surface area contributed by atoms with Crippen molar-refractivity contribution in [3.8, 4) is 5.75 Å². The van der Waals surface area contributed by atoms with E-state index in [2.05, 4.69) is 0 Å². The summed E-state index contributed by atoms with van der Waals surface area (Å²) in [5.41, 5.74) is -0.520. The lowest BCUT2D eigenvalue weighted by Gasteiger charge is -2.25. The Hall–Kier alpha value is -2.80. The van der Waals surface area contributed by atoms with Crippen LogP contribution in [-0.4, -0.2) is 33.3 Å². The lowest BCUT2D eigenvalue weighted by Crippen LogP contribution is -2.28. The first-order valence-electron chi connectivity index (χ1n) is 7.03. The highest BCUT2D eigenvalue weighted by Crippen LogP contribution is 2.38. The molecule has 2 rings (SSSR count). The number of carbonyl (C=O) groups is 2. The standard InChI is InChI=1S/C17H15ClFNO5/c1-23-12-8-7-11(18)15(13(12)19)20-9-5-4-6-10(16(21)24-2)14(20)17(22)25-3/h4-9H,1-3H3. The molecule has 0 fully saturated rings. The average molecular weight is 368 g/mol. The van der Waals surface area contributed by atoms with Crippen LogP contribution in [0.2, 0.25) is 5.02 Å². The summed E-state index contributed by atoms with van der Waals surface area (Å²) in [4.78, 5) is 25.5. The topological polar surface area (TPSA) is 65.1 Å². The third kappa shape index (κ3) is 3.51. The van der Waals surface area contributed by atoms with Gasteiger partial charge in [-0.3, -0.25) is 0 Å². The second kappa shape index (κ2) is 7.85. The molecule has 0 radical (unpaired) electrons. The second-order valence-electron chi connectivity index (χ2n) is 4.73. The van der Waals surface area contributed by atoms with Crippen LogP contribution in [0.4, 0.5) is 10.1 Å². The Morgan fingerprint density at radius 2 is 1.76 bits per heavy atom. The number of methoxy groups -OCH3 is 3. The van der Waals surface area contributed by atoms with Gasteiger partial charge in [-0.25, -0.2) is 14.0 Å². The van der Waals surface area contributed by atoms with Gasteiger partial charge in [0, 0.05) is 6.20 Å². The number of benzene rings is 1. The lowest BCUT2D eigenvalue weighted by molar-refractivity contribution is -0.139. The normalized spacial score (nSPS) is 13.6. The van der Waals surface area contributed by atoms with E-state index in [0.717, 1.165) is 12.0 Å². The van der Waals surface area contributed by atoms with Gasteiger partial charge in [-0.2, -0.15) is 0 Å². The number of hydrogen-bond donors (Lipinski definition) is 0. The molecular weight excluding hydrogens is 353 g/mol. The number of rotatable bonds is 4. The van der Waals surface area contributed by atoms with Crippen LogP contribution in [-0.2, 0) is 19.1 Å². The van der Waals surface area contributed by atoms with Crippen molar-refractivity contribution in [3.05, 3.63) is 58.7 Å². The lowest BCUT2D eigenvalue weighted by atomic mass is 10.1. The molecular formula is C17H15ClFNO5. The summed E-state index contributed by atoms with van der Waals surface area (Å²) in [5.74, 6) is -2.53. The molecule has 0 N–H and O–H groups in total. The molecule has 1 aliphatic heterocycles. The van der Waals surface area contributed by atoms with Crippen molar-refractivity contribution in [1.82, 2.24) is 0 Å². The minimum Gasteiger partial charge on any atom is -0.494 e. The van der Waals surface area contributed by atoms with E-state index in [9.17, 15) is 14.0 Å². The van der Waals surface area contributed by atoms with E-state index in [4.69, 9.17) is 25.8 Å². The fourth-order valence-corrected chi connectivity index (χ4v) is 2.47. The zero-order chi connectivity index (χ0) is 18.6. The third-order valence-corrected chi connectivity index (χ3v) is 3.69. The van der Waals surface area contributed by atoms with Crippen molar-refractivity contribution < 1.29 is 28.2 Å². The van der Waals surface area contributed by atoms with E-state index >= 15 is 0 Å². The van der Waals surface area contributed by atoms with Crippen molar-refractivity contribution in [2.24, 2.45) is 0 Å². The summed E-state index contributed by atoms with van der Waals surface area (Å²) in [6.45, 7) is 0. The first-order chi connectivity index (χ1) is 12.0. The van der Waals surface area contributed by atoms with Gasteiger partial charge in [0.25, 0.3) is 0 Å². The summed E-state index contributed by atoms with van der Waals surface area (Å²) < 4.78 is 29.2. The second-order valence-corrected chi connectivity index (χ2v) is 5.14. The number of carbonyl (C=O) groups excluding carboxylic acids is 2. The van der Waals surface area contributed by atoms with Crippen LogP contribution < -0.4 is 9.64 Å². The van der Waals surface area contributed by atoms with Gasteiger partial charge in [0.15, 0.2) is 11.6 Å². The van der Waals surface area contributed by atoms with Gasteiger partial charge in [0.1, 0.15) is 11.4 Å². The van der Waals surface area contributed by atoms with Crippen LogP contribution in [0.1, 0.15) is 0 Å². The van der Waals surface area contributed by atoms with Crippen molar-refractivity contribution in [3.63, 3.8) is 0 Å². The molecule has 1 aromatic carbocycles. The highest BCUT2D eigenvalue weighted by atomic mass is 35.5. The molecule has 0 spiro atoms. The number of halogens is 2. The van der Waals surface area contributed by atoms with Gasteiger partial charge >= 0.3 is 11.9 Å². The monoisotopic (exact) mass is 367 g/mol. The van der Waals surface area contributed by atoms with Crippen molar-refractivity contribution >= 4 is 29.2 Å². The van der Waals surface area contributed by atoms with E-state index in [1.165, 1.54) is 50.8 Å². The van der Waals surface area contributed by atoms with Crippen LogP contribution in [0.25, 0.3) is 0 Å². The fraction of sp³-hybridized carbons (Fsp3) is 0.176. The van der Waals surface area contributed by atoms with Crippen molar-refractivity contribution in [2.75, 3.05) is 26.2 Å². The number of anilines is 1. The maximum atomic E-state index is 14.8. The number of ether oxygens (including phenoxy) is 3. The Balaban J connectivity index is 2.78. The van der Waals surface area contributed by atoms with Crippen LogP contribution >= 0.6 is 11.6 Å². The van der Waals surface area contributed by atoms with Gasteiger partial charge in [0.05, 0.1) is 31.9 Å². The van der Waals surface area contributed by atoms with Crippen molar-refractivity contribution in [2.45, 2.75) is 0 Å². The molecule has 0 saturated carbocycles. The molecule has 0 saturated heterocycles. The summed E-state index contributed by atoms with van der Waals surface area (Å²) in [5, 5.41) is 0.00969. The van der Waals surface area contributed by atoms with Gasteiger partial charge in [-0.05, 0) is 24.3 Å². The molecule has 8 heteroatoms. The number of hydrogen-bond acceptors (Lipinski definition) is 6. The minimum absolute atomic E-state index is 0.00969. The Labute approximate surface area is 148 Å². The van der Waals surface area contributed by atoms with Crippen LogP contribution in [0.5, 0.6) is 5.75 Å². The SMILES string of the molecule is COC(=O)C1=C(C(=O)OC)N(c2c(Cl)ccc(OC)c2F)C=CC=C1. The smallest absolute Gasteiger partial charge is 0.355 e. The predicted molar refractivity (Wildman–Crippen MR) is 89.8 cm³/mol. The summed E-state index contributed by atoms with van der Waals surface area (Å²) in [7, 11) is 3.61. The largest absolute Gasteiger partial charge is 0.494 e. The molecule has 0 amide bonds. The Morgan fingerprint density at radius 1 is 1.08 bits per heavy atom. The molecule has 1 aromatic rings. The summed E-state index contributed by atoms with van der Waals surface area (Å²) in [6.07, 6.45) is 5.75. The maximum Gasteiger partial charge on any atom is 0.355 e. The fourth-order valence-electron chi connectivity index (χ4n) is 2.24. The number of esters is 2. The van der Waals surface area contributed by atoms with Crippen LogP contribution in [0.3, 0.4) is 0 Å². The highest BCUT2D eigenvalue weighted by molar-refractivity contribution is 6.33. The zero-order valence-corrected chi connectivity index (χ0v) is 14.5. The highest BCUT2D eigenvalue weighted by Gasteiger charge is 2.30. The van der Waals surface area contributed by atoms with E-state index in [0.29, 0.717) is 0 Å². The van der Waals surface area contributed by atoms with Crippen LogP contribution in [0, 0.1) is 5.82 Å². The van der Waals surface area contributed by atoms with Crippen LogP contribution in [0.15, 0.2) is 47.8 Å². The zero-order valence-electron chi connectivity index (χ0n) is 13.7. The molecule has 1 aliphatic rings. The molecule has 0 aromatic heterocycles. The van der Waals surface area contributed by atoms with E-state index in [1.54, 1.807) is 0 Å². The predicted octanol–water partition coefficient (Wildman–Crippen LogP) is 2.98. The van der Waals surface area contributed by atoms with Gasteiger partial charge < -0.3 is 19.1 Å². The summed E-state index contributed by atoms with van der Waals surface area (Å²) >= 11 is 6.14. The van der Waals surface area contributed by atoms with Crippen molar-refractivity contribution in [1.29, 1.82) is 0 Å². The maximum absolute atomic E-state index is 14.8. The summed E-state index contributed by atoms with van der Waals surface area (Å²) in [6, 6.07) is 2.77. The first-order valence-corrected chi connectivity index (χ1v) is 7.41. The molecule has 25 heavy (non-hydrogen) atoms. The first kappa shape index (κ1) is 18.5. The molecule has 0 aliphatic carbocycles. The Morgan fingerprint density at radius 3 is 2.36 bits per heavy atom. The molecule has 0 bridgehead atoms. The third-order valence-electron chi connectivity index (χ3n) is 3.38. The van der Waals surface area contributed by atoms with E-state index in [1.807, 2.05) is 0 Å². The van der Waals surface area contributed by atoms with Gasteiger partial charge in [-0.1, -0.05) is 17.7 Å². The van der Waals surface area contributed by atoms with Gasteiger partial charge in [0.2, 0.25) is 0 Å². The van der Waals surface area contributed by atoms with Gasteiger partial charge in [-0.15, -0.1) is 0 Å². The Kier molecular flexibility index (Phi) is 5.82. The van der Waals surface area contributed by atoms with E-state index in [-0.39, 0.29) is 27.7 Å². The number of allylic oxidation sites excluding steroid dienone is 2. The van der Waals surface area contributed by atoms with E-state index < -0.39 is 17.8 Å². The quantitative estimate of drug-likeness (QED) is 0.762. The average Bonchev–Trinajstić information content (AvgIpc) is 2.83. The molecule has 132 valence electrons. The molecule has 6 nitrogen and oxygen atoms in total. The minimum atomic E-state index is -0.866. The molecule has 1 heterocycles. The molecule has 0 unspecified atom stereocenters. The number of nitrogens with zero attached hydrogens (tertiary/aromatic N) is 1. The Bertz CT molecular complexity index is 800. The molecule has 0 atom stereocenters.